The highest BCUT2D eigenvalue weighted by atomic mass is 19.4. The standard InChI is InChI=1S/C9H6F5N3O/c10-8(11)6-4(1-2-15)17-3-5(7(6)16)18-9(12,13)14/h3,8H,1H2,(H2,16,17). The number of nitrogens with two attached hydrogens (primary N) is 1. The predicted octanol–water partition coefficient (Wildman–Crippen LogP) is 2.57. The maximum atomic E-state index is 12.7. The summed E-state index contributed by atoms with van der Waals surface area (Å²) in [4.78, 5) is 3.33. The van der Waals surface area contributed by atoms with Gasteiger partial charge in [-0.2, -0.15) is 5.26 Å². The number of aromatic nitrogens is 1. The quantitative estimate of drug-likeness (QED) is 0.854. The van der Waals surface area contributed by atoms with E-state index in [1.807, 2.05) is 0 Å². The van der Waals surface area contributed by atoms with Crippen LogP contribution < -0.4 is 10.5 Å². The molecule has 0 spiro atoms. The minimum absolute atomic E-state index is 0.375. The number of nitriles is 1. The van der Waals surface area contributed by atoms with Gasteiger partial charge in [0.05, 0.1) is 35.6 Å². The number of hydrogen-bond donors (Lipinski definition) is 1. The third-order valence-corrected chi connectivity index (χ3v) is 1.89. The SMILES string of the molecule is N#CCc1ncc(OC(F)(F)F)c(N)c1C(F)F. The molecule has 4 nitrogen and oxygen atoms in total. The molecule has 0 bridgehead atoms. The maximum absolute atomic E-state index is 12.7. The maximum Gasteiger partial charge on any atom is 0.573 e. The normalized spacial score (nSPS) is 11.4. The minimum atomic E-state index is -5.06. The molecule has 2 N–H and O–H groups in total. The van der Waals surface area contributed by atoms with Gasteiger partial charge in [0.1, 0.15) is 0 Å². The largest absolute Gasteiger partial charge is 0.573 e. The van der Waals surface area contributed by atoms with Crippen molar-refractivity contribution in [3.63, 3.8) is 0 Å². The Morgan fingerprint density at radius 2 is 2.06 bits per heavy atom. The van der Waals surface area contributed by atoms with E-state index >= 15 is 0 Å². The fourth-order valence-corrected chi connectivity index (χ4v) is 1.23. The van der Waals surface area contributed by atoms with Crippen molar-refractivity contribution < 1.29 is 26.7 Å². The van der Waals surface area contributed by atoms with Gasteiger partial charge in [0.25, 0.3) is 6.43 Å². The molecule has 0 saturated carbocycles. The lowest BCUT2D eigenvalue weighted by Gasteiger charge is -2.15. The van der Waals surface area contributed by atoms with Gasteiger partial charge in [0.2, 0.25) is 0 Å². The zero-order chi connectivity index (χ0) is 13.9. The summed E-state index contributed by atoms with van der Waals surface area (Å²) in [6.07, 6.45) is -8.15. The second kappa shape index (κ2) is 5.03. The van der Waals surface area contributed by atoms with E-state index in [0.717, 1.165) is 0 Å². The summed E-state index contributed by atoms with van der Waals surface area (Å²) in [7, 11) is 0. The lowest BCUT2D eigenvalue weighted by Crippen LogP contribution is -2.19. The van der Waals surface area contributed by atoms with Gasteiger partial charge >= 0.3 is 6.36 Å². The lowest BCUT2D eigenvalue weighted by molar-refractivity contribution is -0.274. The number of nitrogen functional groups attached to an aromatic ring is 1. The van der Waals surface area contributed by atoms with E-state index in [1.165, 1.54) is 0 Å². The first kappa shape index (κ1) is 14.0. The van der Waals surface area contributed by atoms with Gasteiger partial charge in [-0.15, -0.1) is 13.2 Å². The van der Waals surface area contributed by atoms with Crippen molar-refractivity contribution in [2.24, 2.45) is 0 Å². The minimum Gasteiger partial charge on any atom is -0.402 e. The number of nitrogens with zero attached hydrogens (tertiary/aromatic N) is 2. The van der Waals surface area contributed by atoms with E-state index in [0.29, 0.717) is 6.20 Å². The van der Waals surface area contributed by atoms with Crippen molar-refractivity contribution in [2.45, 2.75) is 19.2 Å². The number of rotatable bonds is 3. The summed E-state index contributed by atoms with van der Waals surface area (Å²) in [5.74, 6) is -1.01. The van der Waals surface area contributed by atoms with E-state index in [9.17, 15) is 22.0 Å². The van der Waals surface area contributed by atoms with E-state index in [1.54, 1.807) is 6.07 Å². The van der Waals surface area contributed by atoms with Crippen molar-refractivity contribution in [3.05, 3.63) is 17.5 Å². The molecule has 0 aliphatic rings. The number of ether oxygens (including phenoxy) is 1. The second-order valence-electron chi connectivity index (χ2n) is 3.08. The van der Waals surface area contributed by atoms with Crippen LogP contribution in [0, 0.1) is 11.3 Å². The second-order valence-corrected chi connectivity index (χ2v) is 3.08. The zero-order valence-electron chi connectivity index (χ0n) is 8.63. The number of hydrogen-bond acceptors (Lipinski definition) is 4. The van der Waals surface area contributed by atoms with Crippen molar-refractivity contribution in [3.8, 4) is 11.8 Å². The number of alkyl halides is 5. The zero-order valence-corrected chi connectivity index (χ0v) is 8.63. The first-order valence-electron chi connectivity index (χ1n) is 4.44. The Balaban J connectivity index is 3.27. The molecule has 0 unspecified atom stereocenters. The Morgan fingerprint density at radius 3 is 2.50 bits per heavy atom. The highest BCUT2D eigenvalue weighted by molar-refractivity contribution is 5.60. The molecule has 0 aliphatic carbocycles. The summed E-state index contributed by atoms with van der Waals surface area (Å²) >= 11 is 0. The molecule has 18 heavy (non-hydrogen) atoms. The smallest absolute Gasteiger partial charge is 0.402 e. The predicted molar refractivity (Wildman–Crippen MR) is 49.6 cm³/mol. The van der Waals surface area contributed by atoms with Crippen LogP contribution in [0.3, 0.4) is 0 Å². The molecule has 0 saturated heterocycles. The molecule has 0 atom stereocenters. The molecule has 0 aliphatic heterocycles. The van der Waals surface area contributed by atoms with Gasteiger partial charge in [0, 0.05) is 0 Å². The lowest BCUT2D eigenvalue weighted by atomic mass is 10.1. The topological polar surface area (TPSA) is 71.9 Å². The van der Waals surface area contributed by atoms with Crippen LogP contribution >= 0.6 is 0 Å². The van der Waals surface area contributed by atoms with Crippen LogP contribution in [0.1, 0.15) is 17.7 Å². The highest BCUT2D eigenvalue weighted by Gasteiger charge is 2.33. The van der Waals surface area contributed by atoms with Gasteiger partial charge in [0.15, 0.2) is 5.75 Å². The number of halogens is 5. The number of anilines is 1. The van der Waals surface area contributed by atoms with Crippen LogP contribution in [0.5, 0.6) is 5.75 Å². The molecule has 1 rings (SSSR count). The fourth-order valence-electron chi connectivity index (χ4n) is 1.23. The van der Waals surface area contributed by atoms with E-state index in [-0.39, 0.29) is 5.69 Å². The first-order chi connectivity index (χ1) is 8.26. The molecule has 9 heteroatoms. The van der Waals surface area contributed by atoms with E-state index < -0.39 is 36.2 Å². The molecular formula is C9H6F5N3O. The van der Waals surface area contributed by atoms with Crippen molar-refractivity contribution in [1.29, 1.82) is 5.26 Å². The summed E-state index contributed by atoms with van der Waals surface area (Å²) in [6.45, 7) is 0. The summed E-state index contributed by atoms with van der Waals surface area (Å²) in [6, 6.07) is 1.56. The summed E-state index contributed by atoms with van der Waals surface area (Å²) in [5, 5.41) is 8.39. The van der Waals surface area contributed by atoms with Crippen LogP contribution in [0.2, 0.25) is 0 Å². The number of pyridine rings is 1. The fraction of sp³-hybridized carbons (Fsp3) is 0.333. The van der Waals surface area contributed by atoms with Gasteiger partial charge in [-0.25, -0.2) is 8.78 Å². The molecular weight excluding hydrogens is 261 g/mol. The van der Waals surface area contributed by atoms with Gasteiger partial charge in [-0.1, -0.05) is 0 Å². The Labute approximate surface area is 97.8 Å². The van der Waals surface area contributed by atoms with Gasteiger partial charge < -0.3 is 10.5 Å². The van der Waals surface area contributed by atoms with Crippen molar-refractivity contribution >= 4 is 5.69 Å². The molecule has 0 aromatic carbocycles. The molecule has 0 fully saturated rings. The average molecular weight is 267 g/mol. The molecule has 0 radical (unpaired) electrons. The third-order valence-electron chi connectivity index (χ3n) is 1.89. The van der Waals surface area contributed by atoms with Crippen LogP contribution in [0.15, 0.2) is 6.20 Å². The Bertz CT molecular complexity index is 480. The van der Waals surface area contributed by atoms with Crippen molar-refractivity contribution in [1.82, 2.24) is 4.98 Å². The Hall–Kier alpha value is -2.11. The molecule has 98 valence electrons. The Morgan fingerprint density at radius 1 is 1.44 bits per heavy atom. The van der Waals surface area contributed by atoms with E-state index in [4.69, 9.17) is 11.0 Å². The molecule has 0 amide bonds. The van der Waals surface area contributed by atoms with Crippen LogP contribution in [-0.4, -0.2) is 11.3 Å². The highest BCUT2D eigenvalue weighted by Crippen LogP contribution is 2.36. The van der Waals surface area contributed by atoms with Crippen LogP contribution in [0.25, 0.3) is 0 Å². The Kier molecular flexibility index (Phi) is 3.90. The van der Waals surface area contributed by atoms with E-state index in [2.05, 4.69) is 9.72 Å². The van der Waals surface area contributed by atoms with Gasteiger partial charge in [-0.05, 0) is 0 Å². The molecule has 1 aromatic heterocycles. The summed E-state index contributed by atoms with van der Waals surface area (Å²) in [5.41, 5.74) is 3.00. The van der Waals surface area contributed by atoms with Gasteiger partial charge in [-0.3, -0.25) is 4.98 Å². The average Bonchev–Trinajstić information content (AvgIpc) is 2.20. The summed E-state index contributed by atoms with van der Waals surface area (Å²) < 4.78 is 64.6. The van der Waals surface area contributed by atoms with Crippen molar-refractivity contribution in [2.75, 3.05) is 5.73 Å². The van der Waals surface area contributed by atoms with Crippen LogP contribution in [0.4, 0.5) is 27.6 Å². The first-order valence-corrected chi connectivity index (χ1v) is 4.44. The monoisotopic (exact) mass is 267 g/mol. The third kappa shape index (κ3) is 3.19. The molecule has 1 heterocycles. The van der Waals surface area contributed by atoms with Crippen LogP contribution in [-0.2, 0) is 6.42 Å². The molecule has 1 aromatic rings.